The van der Waals surface area contributed by atoms with Gasteiger partial charge in [0, 0.05) is 28.9 Å². The van der Waals surface area contributed by atoms with Gasteiger partial charge in [-0.15, -0.1) is 0 Å². The van der Waals surface area contributed by atoms with Crippen LogP contribution in [-0.2, 0) is 0 Å². The van der Waals surface area contributed by atoms with Crippen LogP contribution >= 0.6 is 11.6 Å². The van der Waals surface area contributed by atoms with Crippen molar-refractivity contribution in [2.45, 2.75) is 20.0 Å². The van der Waals surface area contributed by atoms with Crippen molar-refractivity contribution in [3.8, 4) is 0 Å². The minimum Gasteiger partial charge on any atom is -0.387 e. The summed E-state index contributed by atoms with van der Waals surface area (Å²) >= 11 is 6.04. The fourth-order valence-corrected chi connectivity index (χ4v) is 2.13. The van der Waals surface area contributed by atoms with Gasteiger partial charge in [-0.05, 0) is 19.9 Å². The van der Waals surface area contributed by atoms with Gasteiger partial charge >= 0.3 is 0 Å². The van der Waals surface area contributed by atoms with Gasteiger partial charge in [-0.3, -0.25) is 0 Å². The molecule has 0 saturated carbocycles. The molecule has 19 heavy (non-hydrogen) atoms. The van der Waals surface area contributed by atoms with E-state index in [1.54, 1.807) is 6.07 Å². The normalized spacial score (nSPS) is 12.2. The van der Waals surface area contributed by atoms with Crippen molar-refractivity contribution in [3.05, 3.63) is 52.4 Å². The molecule has 1 aromatic carbocycles. The molecule has 0 saturated heterocycles. The second kappa shape index (κ2) is 5.99. The molecule has 0 aliphatic rings. The van der Waals surface area contributed by atoms with Gasteiger partial charge in [0.2, 0.25) is 0 Å². The number of anilines is 1. The molecule has 4 nitrogen and oxygen atoms in total. The molecule has 0 bridgehead atoms. The number of nitrogens with zero attached hydrogens (tertiary/aromatic N) is 2. The first kappa shape index (κ1) is 13.8. The van der Waals surface area contributed by atoms with Gasteiger partial charge in [0.1, 0.15) is 11.6 Å². The van der Waals surface area contributed by atoms with Gasteiger partial charge in [-0.1, -0.05) is 29.8 Å². The molecule has 0 fully saturated rings. The first-order valence-corrected chi connectivity index (χ1v) is 6.42. The molecule has 2 aromatic rings. The maximum atomic E-state index is 10.1. The quantitative estimate of drug-likeness (QED) is 0.902. The summed E-state index contributed by atoms with van der Waals surface area (Å²) in [7, 11) is 0. The molecule has 0 amide bonds. The second-order valence-electron chi connectivity index (χ2n) is 4.36. The molecular weight excluding hydrogens is 262 g/mol. The molecular formula is C14H16ClN3O. The van der Waals surface area contributed by atoms with Gasteiger partial charge < -0.3 is 10.4 Å². The van der Waals surface area contributed by atoms with Crippen molar-refractivity contribution in [1.82, 2.24) is 9.97 Å². The number of nitrogens with one attached hydrogen (secondary N) is 1. The van der Waals surface area contributed by atoms with E-state index < -0.39 is 6.10 Å². The van der Waals surface area contributed by atoms with E-state index in [2.05, 4.69) is 15.3 Å². The highest BCUT2D eigenvalue weighted by molar-refractivity contribution is 6.31. The van der Waals surface area contributed by atoms with Crippen LogP contribution in [0.4, 0.5) is 5.82 Å². The van der Waals surface area contributed by atoms with Crippen molar-refractivity contribution in [3.63, 3.8) is 0 Å². The zero-order valence-corrected chi connectivity index (χ0v) is 11.6. The second-order valence-corrected chi connectivity index (χ2v) is 4.77. The Kier molecular flexibility index (Phi) is 4.35. The monoisotopic (exact) mass is 277 g/mol. The summed E-state index contributed by atoms with van der Waals surface area (Å²) in [6.45, 7) is 4.09. The van der Waals surface area contributed by atoms with E-state index in [1.807, 2.05) is 38.1 Å². The third-order valence-electron chi connectivity index (χ3n) is 2.71. The Morgan fingerprint density at radius 1 is 1.26 bits per heavy atom. The van der Waals surface area contributed by atoms with Crippen molar-refractivity contribution in [1.29, 1.82) is 0 Å². The van der Waals surface area contributed by atoms with Gasteiger partial charge in [0.25, 0.3) is 0 Å². The van der Waals surface area contributed by atoms with Crippen LogP contribution in [0.2, 0.25) is 5.02 Å². The average Bonchev–Trinajstić information content (AvgIpc) is 2.35. The molecule has 2 rings (SSSR count). The first-order valence-electron chi connectivity index (χ1n) is 6.05. The van der Waals surface area contributed by atoms with Crippen LogP contribution in [0.1, 0.15) is 23.2 Å². The van der Waals surface area contributed by atoms with E-state index in [-0.39, 0.29) is 0 Å². The van der Waals surface area contributed by atoms with E-state index in [1.165, 1.54) is 0 Å². The number of aromatic nitrogens is 2. The summed E-state index contributed by atoms with van der Waals surface area (Å²) in [5.74, 6) is 1.41. The van der Waals surface area contributed by atoms with Crippen molar-refractivity contribution in [2.24, 2.45) is 0 Å². The first-order chi connectivity index (χ1) is 9.06. The predicted molar refractivity (Wildman–Crippen MR) is 76.4 cm³/mol. The third kappa shape index (κ3) is 3.66. The molecule has 0 aliphatic carbocycles. The van der Waals surface area contributed by atoms with E-state index in [4.69, 9.17) is 11.6 Å². The molecule has 5 heteroatoms. The zero-order valence-electron chi connectivity index (χ0n) is 10.9. The minimum atomic E-state index is -0.677. The van der Waals surface area contributed by atoms with Gasteiger partial charge in [0.15, 0.2) is 0 Å². The molecule has 1 heterocycles. The molecule has 2 N–H and O–H groups in total. The van der Waals surface area contributed by atoms with Crippen LogP contribution in [0.15, 0.2) is 30.3 Å². The van der Waals surface area contributed by atoms with E-state index >= 15 is 0 Å². The van der Waals surface area contributed by atoms with Gasteiger partial charge in [-0.2, -0.15) is 0 Å². The molecule has 1 atom stereocenters. The molecule has 100 valence electrons. The Bertz CT molecular complexity index is 554. The highest BCUT2D eigenvalue weighted by Gasteiger charge is 2.11. The Hall–Kier alpha value is -1.65. The lowest BCUT2D eigenvalue weighted by atomic mass is 10.1. The van der Waals surface area contributed by atoms with Gasteiger partial charge in [0.05, 0.1) is 6.10 Å². The van der Waals surface area contributed by atoms with Crippen LogP contribution in [0.3, 0.4) is 0 Å². The number of rotatable bonds is 4. The van der Waals surface area contributed by atoms with E-state index in [0.29, 0.717) is 28.8 Å². The van der Waals surface area contributed by atoms with Crippen LogP contribution in [0.25, 0.3) is 0 Å². The fraction of sp³-hybridized carbons (Fsp3) is 0.286. The highest BCUT2D eigenvalue weighted by Crippen LogP contribution is 2.22. The largest absolute Gasteiger partial charge is 0.387 e. The summed E-state index contributed by atoms with van der Waals surface area (Å²) in [6.07, 6.45) is -0.677. The predicted octanol–water partition coefficient (Wildman–Crippen LogP) is 2.89. The number of aliphatic hydroxyl groups excluding tert-OH is 1. The van der Waals surface area contributed by atoms with E-state index in [0.717, 1.165) is 5.69 Å². The van der Waals surface area contributed by atoms with Crippen LogP contribution in [-0.4, -0.2) is 21.6 Å². The maximum absolute atomic E-state index is 10.1. The highest BCUT2D eigenvalue weighted by atomic mass is 35.5. The smallest absolute Gasteiger partial charge is 0.130 e. The van der Waals surface area contributed by atoms with Crippen LogP contribution in [0, 0.1) is 13.8 Å². The summed E-state index contributed by atoms with van der Waals surface area (Å²) in [5.41, 5.74) is 1.60. The lowest BCUT2D eigenvalue weighted by molar-refractivity contribution is 0.191. The lowest BCUT2D eigenvalue weighted by Gasteiger charge is -2.14. The number of hydrogen-bond acceptors (Lipinski definition) is 4. The Balaban J connectivity index is 2.04. The SMILES string of the molecule is Cc1cc(NCC(O)c2ccccc2Cl)nc(C)n1. The summed E-state index contributed by atoms with van der Waals surface area (Å²) in [5, 5.41) is 13.8. The molecule has 1 unspecified atom stereocenters. The molecule has 0 radical (unpaired) electrons. The van der Waals surface area contributed by atoms with Crippen LogP contribution < -0.4 is 5.32 Å². The van der Waals surface area contributed by atoms with E-state index in [9.17, 15) is 5.11 Å². The maximum Gasteiger partial charge on any atom is 0.130 e. The fourth-order valence-electron chi connectivity index (χ4n) is 1.86. The zero-order chi connectivity index (χ0) is 13.8. The summed E-state index contributed by atoms with van der Waals surface area (Å²) < 4.78 is 0. The van der Waals surface area contributed by atoms with Gasteiger partial charge in [-0.25, -0.2) is 9.97 Å². The minimum absolute atomic E-state index is 0.347. The van der Waals surface area contributed by atoms with Crippen LogP contribution in [0.5, 0.6) is 0 Å². The van der Waals surface area contributed by atoms with Crippen molar-refractivity contribution < 1.29 is 5.11 Å². The third-order valence-corrected chi connectivity index (χ3v) is 3.05. The standard InChI is InChI=1S/C14H16ClN3O/c1-9-7-14(18-10(2)17-9)16-8-13(19)11-5-3-4-6-12(11)15/h3-7,13,19H,8H2,1-2H3,(H,16,17,18). The topological polar surface area (TPSA) is 58.0 Å². The number of hydrogen-bond donors (Lipinski definition) is 2. The van der Waals surface area contributed by atoms with Crippen molar-refractivity contribution in [2.75, 3.05) is 11.9 Å². The Morgan fingerprint density at radius 3 is 2.68 bits per heavy atom. The Labute approximate surface area is 117 Å². The molecule has 0 aliphatic heterocycles. The summed E-state index contributed by atoms with van der Waals surface area (Å²) in [4.78, 5) is 8.45. The Morgan fingerprint density at radius 2 is 2.00 bits per heavy atom. The molecule has 0 spiro atoms. The number of aliphatic hydroxyl groups is 1. The lowest BCUT2D eigenvalue weighted by Crippen LogP contribution is -2.14. The number of halogens is 1. The number of aryl methyl sites for hydroxylation is 2. The average molecular weight is 278 g/mol. The number of benzene rings is 1. The summed E-state index contributed by atoms with van der Waals surface area (Å²) in [6, 6.07) is 9.10. The van der Waals surface area contributed by atoms with Crippen molar-refractivity contribution >= 4 is 17.4 Å². The molecule has 1 aromatic heterocycles.